The van der Waals surface area contributed by atoms with Gasteiger partial charge in [0, 0.05) is 95.6 Å². The largest absolute Gasteiger partial charge is 0.398 e. The number of aryl methyl sites for hydroxylation is 8. The molecular weight excluding hydrogens is 1520 g/mol. The number of carbonyl (C=O) groups is 2. The monoisotopic (exact) mass is 1600 g/mol. The van der Waals surface area contributed by atoms with Gasteiger partial charge in [-0.3, -0.25) is 9.59 Å². The molecule has 104 heavy (non-hydrogen) atoms. The van der Waals surface area contributed by atoms with Crippen LogP contribution in [0.1, 0.15) is 111 Å². The number of fused-ring (bicyclic) bond motifs is 2. The maximum atomic E-state index is 14.0. The van der Waals surface area contributed by atoms with Crippen molar-refractivity contribution in [2.45, 2.75) is 100 Å². The van der Waals surface area contributed by atoms with E-state index in [4.69, 9.17) is 38.7 Å². The van der Waals surface area contributed by atoms with Crippen LogP contribution in [0.4, 0.5) is 82.2 Å². The SMILES string of the molecule is CCc1cc(Br)c(F)cc1NC(C)=O.CCc1cc(C#N)c(F)cc1N.CCc1cc(C#N)c(F)cc1NC(C)=O.CCc1cc(C#N)c(F)cc1Nc1cc2c(cn1)ncn2C.CCc1cc(CN)c(F)cc1Nc1cc2c(cn1)ncn2C.CCc1ccc(F)cc1N.Nc1cc(F)ccc1I. The number of benzene rings is 7. The number of nitrogens with two attached hydrogens (primary N) is 4. The molecule has 4 heterocycles. The summed E-state index contributed by atoms with van der Waals surface area (Å²) >= 11 is 5.15. The van der Waals surface area contributed by atoms with Gasteiger partial charge in [0.25, 0.3) is 0 Å². The van der Waals surface area contributed by atoms with E-state index < -0.39 is 17.5 Å². The number of nitrogen functional groups attached to an aromatic ring is 3. The average molecular weight is 1600 g/mol. The van der Waals surface area contributed by atoms with E-state index in [0.29, 0.717) is 80.7 Å². The van der Waals surface area contributed by atoms with Gasteiger partial charge in [0.15, 0.2) is 0 Å². The van der Waals surface area contributed by atoms with Gasteiger partial charge in [-0.05, 0) is 201 Å². The first-order valence-electron chi connectivity index (χ1n) is 32.3. The van der Waals surface area contributed by atoms with Crippen LogP contribution in [0.25, 0.3) is 22.1 Å². The van der Waals surface area contributed by atoms with Crippen LogP contribution < -0.4 is 44.2 Å². The third-order valence-electron chi connectivity index (χ3n) is 15.3. The van der Waals surface area contributed by atoms with Gasteiger partial charge in [0.1, 0.15) is 81.6 Å². The minimum Gasteiger partial charge on any atom is -0.398 e. The van der Waals surface area contributed by atoms with Crippen LogP contribution in [-0.4, -0.2) is 40.9 Å². The Hall–Kier alpha value is -11.1. The van der Waals surface area contributed by atoms with E-state index in [2.05, 4.69) is 57.1 Å². The van der Waals surface area contributed by atoms with E-state index >= 15 is 0 Å². The van der Waals surface area contributed by atoms with E-state index in [0.717, 1.165) is 78.3 Å². The summed E-state index contributed by atoms with van der Waals surface area (Å²) in [5.41, 5.74) is 35.2. The van der Waals surface area contributed by atoms with Gasteiger partial charge in [-0.2, -0.15) is 15.8 Å². The molecule has 0 spiro atoms. The zero-order valence-corrected chi connectivity index (χ0v) is 62.4. The Balaban J connectivity index is 0.000000223. The van der Waals surface area contributed by atoms with E-state index in [1.807, 2.05) is 106 Å². The molecule has 0 fully saturated rings. The zero-order valence-electron chi connectivity index (χ0n) is 58.7. The first kappa shape index (κ1) is 83.5. The lowest BCUT2D eigenvalue weighted by atomic mass is 10.1. The third-order valence-corrected chi connectivity index (χ3v) is 16.9. The van der Waals surface area contributed by atoms with Crippen LogP contribution in [0.5, 0.6) is 0 Å². The highest BCUT2D eigenvalue weighted by atomic mass is 127. The lowest BCUT2D eigenvalue weighted by Gasteiger charge is -2.13. The molecule has 0 saturated carbocycles. The normalized spacial score (nSPS) is 10.2. The minimum absolute atomic E-state index is 0.000882. The second-order valence-corrected chi connectivity index (χ2v) is 24.7. The number of rotatable bonds is 13. The number of carbonyl (C=O) groups excluding carboxylic acids is 2. The summed E-state index contributed by atoms with van der Waals surface area (Å²) < 4.78 is 96.9. The molecule has 7 aromatic carbocycles. The van der Waals surface area contributed by atoms with E-state index in [-0.39, 0.29) is 58.3 Å². The van der Waals surface area contributed by atoms with Crippen molar-refractivity contribution in [2.75, 3.05) is 38.5 Å². The quantitative estimate of drug-likeness (QED) is 0.0302. The number of nitrogens with one attached hydrogen (secondary N) is 4. The summed E-state index contributed by atoms with van der Waals surface area (Å²) in [5, 5.41) is 37.5. The standard InChI is InChI=1S/C16H18FN5.C16H14FN5.C11H11FN2O.C10H11BrFNO.C9H9FN2.C8H10FN.C6H5FIN/c2*1-3-10-4-11(7-18)12(17)5-13(10)21-16-6-15-14(8-19-16)20-9-22(15)2;1-3-8-4-9(6-13)10(12)5-11(8)14-7(2)15;1-3-7-4-8(11)9(12)5-10(7)13-6(2)14;1-2-6-3-7(5-11)8(10)4-9(6)12;1-2-6-3-4-7(9)5-8(6)10;7-4-1-2-5(8)6(9)3-4/h4-6,8-9H,3,7,18H2,1-2H3,(H,19,21);4-6,8-9H,3H2,1-2H3,(H,19,21);4-5H,3H2,1-2H3,(H,14,15);4-5H,3H2,1-2H3,(H,13,14);3-4H,2,12H2,1H3;3-5H,2,10H2,1H3;1-3H,9H2. The molecule has 28 heteroatoms. The molecule has 0 atom stereocenters. The number of hydrogen-bond donors (Lipinski definition) is 8. The highest BCUT2D eigenvalue weighted by Crippen LogP contribution is 2.30. The summed E-state index contributed by atoms with van der Waals surface area (Å²) in [6, 6.07) is 32.5. The molecular formula is C76H78BrF7IN17O2. The topological polar surface area (TPSA) is 319 Å². The molecule has 0 radical (unpaired) electrons. The van der Waals surface area contributed by atoms with Crippen LogP contribution in [0, 0.1) is 78.3 Å². The fourth-order valence-electron chi connectivity index (χ4n) is 9.74. The third kappa shape index (κ3) is 24.0. The number of pyridine rings is 2. The maximum Gasteiger partial charge on any atom is 0.221 e. The summed E-state index contributed by atoms with van der Waals surface area (Å²) in [4.78, 5) is 38.7. The lowest BCUT2D eigenvalue weighted by Crippen LogP contribution is -2.08. The van der Waals surface area contributed by atoms with Gasteiger partial charge in [-0.15, -0.1) is 0 Å². The fraction of sp³-hybridized carbons (Fsp3) is 0.224. The molecule has 11 aromatic rings. The number of anilines is 9. The second-order valence-electron chi connectivity index (χ2n) is 22.6. The molecule has 0 saturated heterocycles. The lowest BCUT2D eigenvalue weighted by molar-refractivity contribution is -0.115. The molecule has 542 valence electrons. The second kappa shape index (κ2) is 40.5. The highest BCUT2D eigenvalue weighted by Gasteiger charge is 2.15. The summed E-state index contributed by atoms with van der Waals surface area (Å²) in [7, 11) is 3.82. The number of imidazole rings is 2. The maximum absolute atomic E-state index is 14.0. The van der Waals surface area contributed by atoms with Crippen LogP contribution in [0.15, 0.2) is 139 Å². The average Bonchev–Trinajstić information content (AvgIpc) is 1.40. The number of amides is 2. The van der Waals surface area contributed by atoms with Gasteiger partial charge in [-0.25, -0.2) is 50.7 Å². The Morgan fingerprint density at radius 3 is 1.25 bits per heavy atom. The summed E-state index contributed by atoms with van der Waals surface area (Å²) in [6.45, 7) is 14.7. The van der Waals surface area contributed by atoms with E-state index in [9.17, 15) is 40.3 Å². The van der Waals surface area contributed by atoms with Gasteiger partial charge in [0.05, 0.1) is 57.2 Å². The van der Waals surface area contributed by atoms with E-state index in [1.165, 1.54) is 80.6 Å². The smallest absolute Gasteiger partial charge is 0.221 e. The molecule has 19 nitrogen and oxygen atoms in total. The first-order valence-corrected chi connectivity index (χ1v) is 34.2. The van der Waals surface area contributed by atoms with Crippen molar-refractivity contribution in [1.82, 2.24) is 29.1 Å². The Morgan fingerprint density at radius 2 is 0.837 bits per heavy atom. The number of halogens is 9. The molecule has 12 N–H and O–H groups in total. The molecule has 0 aliphatic carbocycles. The van der Waals surface area contributed by atoms with Crippen LogP contribution >= 0.6 is 38.5 Å². The Bertz CT molecular complexity index is 4970. The molecule has 2 amide bonds. The van der Waals surface area contributed by atoms with Crippen LogP contribution in [0.2, 0.25) is 0 Å². The molecule has 0 aliphatic heterocycles. The van der Waals surface area contributed by atoms with Crippen molar-refractivity contribution < 1.29 is 40.3 Å². The van der Waals surface area contributed by atoms with Gasteiger partial charge in [-0.1, -0.05) is 47.6 Å². The fourth-order valence-corrected chi connectivity index (χ4v) is 10.5. The van der Waals surface area contributed by atoms with Crippen molar-refractivity contribution in [3.63, 3.8) is 0 Å². The molecule has 0 bridgehead atoms. The van der Waals surface area contributed by atoms with Crippen molar-refractivity contribution in [2.24, 2.45) is 19.8 Å². The Morgan fingerprint density at radius 1 is 0.462 bits per heavy atom. The van der Waals surface area contributed by atoms with Crippen molar-refractivity contribution >= 4 is 124 Å². The molecule has 11 rings (SSSR count). The Labute approximate surface area is 620 Å². The predicted octanol–water partition coefficient (Wildman–Crippen LogP) is 17.3. The van der Waals surface area contributed by atoms with Crippen LogP contribution in [0.3, 0.4) is 0 Å². The number of nitrogens with zero attached hydrogens (tertiary/aromatic N) is 9. The van der Waals surface area contributed by atoms with Crippen molar-refractivity contribution in [1.29, 1.82) is 15.8 Å². The summed E-state index contributed by atoms with van der Waals surface area (Å²) in [5.74, 6) is -2.11. The number of hydrogen-bond acceptors (Lipinski definition) is 15. The van der Waals surface area contributed by atoms with Gasteiger partial charge < -0.3 is 53.3 Å². The zero-order chi connectivity index (χ0) is 77.1. The number of nitriles is 3. The van der Waals surface area contributed by atoms with E-state index in [1.54, 1.807) is 67.5 Å². The number of aromatic nitrogens is 6. The van der Waals surface area contributed by atoms with Crippen molar-refractivity contribution in [3.05, 3.63) is 239 Å². The van der Waals surface area contributed by atoms with Gasteiger partial charge in [0.2, 0.25) is 11.8 Å². The minimum atomic E-state index is -0.613. The van der Waals surface area contributed by atoms with Crippen molar-refractivity contribution in [3.8, 4) is 18.2 Å². The molecule has 4 aromatic heterocycles. The first-order chi connectivity index (χ1) is 49.5. The van der Waals surface area contributed by atoms with Gasteiger partial charge >= 0.3 is 0 Å². The predicted molar refractivity (Wildman–Crippen MR) is 409 cm³/mol. The van der Waals surface area contributed by atoms with Crippen LogP contribution in [-0.2, 0) is 68.8 Å². The highest BCUT2D eigenvalue weighted by molar-refractivity contribution is 14.1. The molecule has 0 unspecified atom stereocenters. The molecule has 0 aliphatic rings. The Kier molecular flexibility index (Phi) is 32.5. The summed E-state index contributed by atoms with van der Waals surface area (Å²) in [6.07, 6.45) is 11.2.